The molecular formula is C5H4N2NaO4. The minimum atomic E-state index is -1.36. The van der Waals surface area contributed by atoms with Crippen molar-refractivity contribution in [2.75, 3.05) is 0 Å². The van der Waals surface area contributed by atoms with Crippen LogP contribution >= 0.6 is 0 Å². The molecule has 0 bridgehead atoms. The molecule has 1 aromatic heterocycles. The van der Waals surface area contributed by atoms with E-state index in [4.69, 9.17) is 10.2 Å². The summed E-state index contributed by atoms with van der Waals surface area (Å²) in [4.78, 5) is 26.0. The second-order valence-electron chi connectivity index (χ2n) is 1.74. The van der Waals surface area contributed by atoms with Gasteiger partial charge in [0, 0.05) is 29.6 Å². The quantitative estimate of drug-likeness (QED) is 0.527. The molecule has 7 heteroatoms. The number of rotatable bonds is 2. The van der Waals surface area contributed by atoms with Gasteiger partial charge in [0.05, 0.1) is 6.33 Å². The van der Waals surface area contributed by atoms with Gasteiger partial charge in [-0.3, -0.25) is 0 Å². The average molecular weight is 179 g/mol. The number of aromatic carboxylic acids is 2. The SMILES string of the molecule is O=C(O)c1nc[nH]c1C(=O)O.[Na]. The summed E-state index contributed by atoms with van der Waals surface area (Å²) in [6.45, 7) is 0. The van der Waals surface area contributed by atoms with Gasteiger partial charge in [0.25, 0.3) is 0 Å². The van der Waals surface area contributed by atoms with Crippen molar-refractivity contribution < 1.29 is 19.8 Å². The van der Waals surface area contributed by atoms with Crippen molar-refractivity contribution in [1.82, 2.24) is 9.97 Å². The Balaban J connectivity index is 0.00000121. The summed E-state index contributed by atoms with van der Waals surface area (Å²) < 4.78 is 0. The van der Waals surface area contributed by atoms with Gasteiger partial charge in [0.1, 0.15) is 0 Å². The standard InChI is InChI=1S/C5H4N2O4.Na/c8-4(9)2-3(5(10)11)7-1-6-2;/h1H,(H,6,7)(H,8,9)(H,10,11);. The maximum Gasteiger partial charge on any atom is 0.357 e. The van der Waals surface area contributed by atoms with Crippen LogP contribution in [0.4, 0.5) is 0 Å². The number of imidazole rings is 1. The number of nitrogens with zero attached hydrogens (tertiary/aromatic N) is 1. The smallest absolute Gasteiger partial charge is 0.357 e. The van der Waals surface area contributed by atoms with Crippen LogP contribution in [0.15, 0.2) is 6.33 Å². The molecular weight excluding hydrogens is 175 g/mol. The van der Waals surface area contributed by atoms with Crippen molar-refractivity contribution in [2.24, 2.45) is 0 Å². The van der Waals surface area contributed by atoms with Crippen LogP contribution in [0.25, 0.3) is 0 Å². The molecule has 6 nitrogen and oxygen atoms in total. The Labute approximate surface area is 88.9 Å². The summed E-state index contributed by atoms with van der Waals surface area (Å²) in [6.07, 6.45) is 1.02. The van der Waals surface area contributed by atoms with Crippen molar-refractivity contribution in [2.45, 2.75) is 0 Å². The number of hydrogen-bond donors (Lipinski definition) is 3. The van der Waals surface area contributed by atoms with E-state index in [9.17, 15) is 9.59 Å². The van der Waals surface area contributed by atoms with Gasteiger partial charge in [-0.2, -0.15) is 0 Å². The fourth-order valence-corrected chi connectivity index (χ4v) is 0.619. The summed E-state index contributed by atoms with van der Waals surface area (Å²) in [5.74, 6) is -2.69. The largest absolute Gasteiger partial charge is 0.477 e. The van der Waals surface area contributed by atoms with Crippen LogP contribution in [0.1, 0.15) is 21.0 Å². The van der Waals surface area contributed by atoms with Gasteiger partial charge >= 0.3 is 11.9 Å². The van der Waals surface area contributed by atoms with E-state index in [2.05, 4.69) is 9.97 Å². The van der Waals surface area contributed by atoms with E-state index in [1.165, 1.54) is 0 Å². The van der Waals surface area contributed by atoms with Gasteiger partial charge in [-0.15, -0.1) is 0 Å². The molecule has 0 aliphatic heterocycles. The first-order valence-corrected chi connectivity index (χ1v) is 2.63. The number of aromatic nitrogens is 2. The van der Waals surface area contributed by atoms with Gasteiger partial charge in [-0.05, 0) is 0 Å². The van der Waals surface area contributed by atoms with E-state index >= 15 is 0 Å². The molecule has 0 unspecified atom stereocenters. The molecule has 59 valence electrons. The summed E-state index contributed by atoms with van der Waals surface area (Å²) in [6, 6.07) is 0. The third-order valence-corrected chi connectivity index (χ3v) is 1.06. The van der Waals surface area contributed by atoms with Gasteiger partial charge in [-0.25, -0.2) is 14.6 Å². The maximum atomic E-state index is 10.3. The molecule has 0 aromatic carbocycles. The third kappa shape index (κ3) is 2.07. The third-order valence-electron chi connectivity index (χ3n) is 1.06. The molecule has 1 radical (unpaired) electrons. The summed E-state index contributed by atoms with van der Waals surface area (Å²) in [5.41, 5.74) is -0.880. The first-order valence-electron chi connectivity index (χ1n) is 2.63. The van der Waals surface area contributed by atoms with E-state index in [1.807, 2.05) is 0 Å². The predicted molar refractivity (Wildman–Crippen MR) is 38.3 cm³/mol. The van der Waals surface area contributed by atoms with Crippen LogP contribution in [0, 0.1) is 0 Å². The van der Waals surface area contributed by atoms with E-state index in [1.54, 1.807) is 0 Å². The molecule has 0 amide bonds. The molecule has 3 N–H and O–H groups in total. The van der Waals surface area contributed by atoms with E-state index in [0.29, 0.717) is 0 Å². The number of carboxylic acids is 2. The minimum Gasteiger partial charge on any atom is -0.477 e. The Morgan fingerprint density at radius 3 is 2.25 bits per heavy atom. The van der Waals surface area contributed by atoms with Gasteiger partial charge in [-0.1, -0.05) is 0 Å². The molecule has 0 aliphatic carbocycles. The maximum absolute atomic E-state index is 10.3. The molecule has 1 aromatic rings. The van der Waals surface area contributed by atoms with Crippen LogP contribution < -0.4 is 0 Å². The summed E-state index contributed by atoms with van der Waals surface area (Å²) in [7, 11) is 0. The predicted octanol–water partition coefficient (Wildman–Crippen LogP) is -0.575. The van der Waals surface area contributed by atoms with Crippen LogP contribution in [0.3, 0.4) is 0 Å². The van der Waals surface area contributed by atoms with E-state index in [0.717, 1.165) is 6.33 Å². The number of H-pyrrole nitrogens is 1. The number of carbonyl (C=O) groups is 2. The topological polar surface area (TPSA) is 103 Å². The van der Waals surface area contributed by atoms with Crippen molar-refractivity contribution in [3.8, 4) is 0 Å². The van der Waals surface area contributed by atoms with Crippen molar-refractivity contribution in [3.05, 3.63) is 17.7 Å². The minimum absolute atomic E-state index is 0. The van der Waals surface area contributed by atoms with Crippen LogP contribution in [-0.4, -0.2) is 61.7 Å². The first kappa shape index (κ1) is 11.2. The number of carboxylic acid groups (broad SMARTS) is 2. The zero-order chi connectivity index (χ0) is 8.43. The normalized spacial score (nSPS) is 8.67. The molecule has 1 heterocycles. The number of nitrogens with one attached hydrogen (secondary N) is 1. The molecule has 0 saturated heterocycles. The van der Waals surface area contributed by atoms with Crippen molar-refractivity contribution in [3.63, 3.8) is 0 Å². The van der Waals surface area contributed by atoms with Gasteiger partial charge < -0.3 is 15.2 Å². The monoisotopic (exact) mass is 179 g/mol. The van der Waals surface area contributed by atoms with Gasteiger partial charge in [0.2, 0.25) is 0 Å². The van der Waals surface area contributed by atoms with Crippen molar-refractivity contribution >= 4 is 41.5 Å². The molecule has 0 spiro atoms. The Hall–Kier alpha value is -0.850. The molecule has 0 saturated carbocycles. The van der Waals surface area contributed by atoms with E-state index in [-0.39, 0.29) is 29.6 Å². The molecule has 12 heavy (non-hydrogen) atoms. The van der Waals surface area contributed by atoms with E-state index < -0.39 is 23.3 Å². The second-order valence-corrected chi connectivity index (χ2v) is 1.74. The Bertz CT molecular complexity index is 280. The van der Waals surface area contributed by atoms with Crippen LogP contribution in [-0.2, 0) is 0 Å². The summed E-state index contributed by atoms with van der Waals surface area (Å²) in [5, 5.41) is 16.7. The first-order chi connectivity index (χ1) is 5.13. The van der Waals surface area contributed by atoms with Crippen molar-refractivity contribution in [1.29, 1.82) is 0 Å². The molecule has 0 fully saturated rings. The molecule has 1 rings (SSSR count). The van der Waals surface area contributed by atoms with Gasteiger partial charge in [0.15, 0.2) is 11.4 Å². The summed E-state index contributed by atoms with van der Waals surface area (Å²) >= 11 is 0. The fraction of sp³-hybridized carbons (Fsp3) is 0. The average Bonchev–Trinajstić information content (AvgIpc) is 2.32. The molecule has 0 aliphatic rings. The second kappa shape index (κ2) is 4.24. The fourth-order valence-electron chi connectivity index (χ4n) is 0.619. The number of aromatic amines is 1. The van der Waals surface area contributed by atoms with Crippen LogP contribution in [0.2, 0.25) is 0 Å². The number of hydrogen-bond acceptors (Lipinski definition) is 3. The Morgan fingerprint density at radius 2 is 1.92 bits per heavy atom. The Kier molecular flexibility index (Phi) is 3.94. The Morgan fingerprint density at radius 1 is 1.33 bits per heavy atom. The zero-order valence-corrected chi connectivity index (χ0v) is 8.24. The zero-order valence-electron chi connectivity index (χ0n) is 6.24. The van der Waals surface area contributed by atoms with Crippen LogP contribution in [0.5, 0.6) is 0 Å². The molecule has 0 atom stereocenters.